The summed E-state index contributed by atoms with van der Waals surface area (Å²) in [6.07, 6.45) is 50.1. The van der Waals surface area contributed by atoms with E-state index in [9.17, 15) is 43.2 Å². The minimum atomic E-state index is -4.95. The van der Waals surface area contributed by atoms with Gasteiger partial charge in [-0.1, -0.05) is 311 Å². The maximum Gasteiger partial charge on any atom is 0.472 e. The number of phosphoric acid groups is 2. The first-order valence-corrected chi connectivity index (χ1v) is 39.6. The molecule has 17 nitrogen and oxygen atoms in total. The molecule has 0 aliphatic carbocycles. The fourth-order valence-electron chi connectivity index (χ4n) is 10.6. The number of rotatable bonds is 70. The quantitative estimate of drug-likeness (QED) is 0.0222. The molecule has 0 aliphatic rings. The Morgan fingerprint density at radius 1 is 0.303 bits per heavy atom. The summed E-state index contributed by atoms with van der Waals surface area (Å²) in [5.41, 5.74) is 0. The third kappa shape index (κ3) is 64.6. The van der Waals surface area contributed by atoms with Crippen molar-refractivity contribution in [2.24, 2.45) is 5.92 Å². The second-order valence-electron chi connectivity index (χ2n) is 25.7. The van der Waals surface area contributed by atoms with E-state index in [4.69, 9.17) is 37.0 Å². The second-order valence-corrected chi connectivity index (χ2v) is 28.7. The van der Waals surface area contributed by atoms with Crippen LogP contribution in [0.4, 0.5) is 0 Å². The Kier molecular flexibility index (Phi) is 62.1. The molecule has 2 unspecified atom stereocenters. The average Bonchev–Trinajstić information content (AvgIpc) is 3.56. The highest BCUT2D eigenvalue weighted by Crippen LogP contribution is 2.45. The molecule has 0 aliphatic heterocycles. The van der Waals surface area contributed by atoms with E-state index in [2.05, 4.69) is 34.6 Å². The van der Waals surface area contributed by atoms with E-state index in [-0.39, 0.29) is 25.7 Å². The van der Waals surface area contributed by atoms with Crippen molar-refractivity contribution in [1.82, 2.24) is 0 Å². The maximum absolute atomic E-state index is 13.0. The molecular formula is C70H136O17P2. The van der Waals surface area contributed by atoms with Crippen LogP contribution >= 0.6 is 15.6 Å². The van der Waals surface area contributed by atoms with Crippen LogP contribution in [-0.2, 0) is 65.4 Å². The van der Waals surface area contributed by atoms with E-state index >= 15 is 0 Å². The van der Waals surface area contributed by atoms with Gasteiger partial charge in [0.2, 0.25) is 0 Å². The fraction of sp³-hybridized carbons (Fsp3) is 0.943. The van der Waals surface area contributed by atoms with Gasteiger partial charge in [0.15, 0.2) is 12.2 Å². The molecule has 19 heteroatoms. The smallest absolute Gasteiger partial charge is 0.462 e. The Morgan fingerprint density at radius 2 is 0.517 bits per heavy atom. The summed E-state index contributed by atoms with van der Waals surface area (Å²) >= 11 is 0. The van der Waals surface area contributed by atoms with Crippen LogP contribution < -0.4 is 0 Å². The lowest BCUT2D eigenvalue weighted by atomic mass is 10.0. The topological polar surface area (TPSA) is 237 Å². The minimum Gasteiger partial charge on any atom is -0.462 e. The highest BCUT2D eigenvalue weighted by atomic mass is 31.2. The zero-order chi connectivity index (χ0) is 65.6. The van der Waals surface area contributed by atoms with E-state index in [1.54, 1.807) is 0 Å². The standard InChI is InChI=1S/C70H136O17P2/c1-6-9-12-15-18-20-21-22-23-24-25-26-27-32-36-41-46-51-56-70(75)87-66(60-81-68(73)54-49-44-39-35-31-29-28-30-34-38-42-47-52-63(4)5)62-85-89(78,79)83-58-64(71)57-82-88(76,77)84-61-65(59-80-67(72)53-48-43-37-17-14-11-8-3)86-69(74)55-50-45-40-33-19-16-13-10-7-2/h63-66,71H,6-62H2,1-5H3,(H,76,77)(H,78,79)/t64-,65+,66+/m0/s1. The lowest BCUT2D eigenvalue weighted by molar-refractivity contribution is -0.161. The molecule has 528 valence electrons. The van der Waals surface area contributed by atoms with Gasteiger partial charge in [0.1, 0.15) is 19.3 Å². The Labute approximate surface area is 543 Å². The number of unbranched alkanes of at least 4 members (excludes halogenated alkanes) is 42. The van der Waals surface area contributed by atoms with Crippen LogP contribution in [0, 0.1) is 5.92 Å². The van der Waals surface area contributed by atoms with E-state index in [1.165, 1.54) is 173 Å². The first-order chi connectivity index (χ1) is 43.0. The molecule has 0 rings (SSSR count). The number of carbonyl (C=O) groups excluding carboxylic acids is 4. The summed E-state index contributed by atoms with van der Waals surface area (Å²) in [5.74, 6) is -1.35. The lowest BCUT2D eigenvalue weighted by Gasteiger charge is -2.21. The van der Waals surface area contributed by atoms with E-state index < -0.39 is 97.5 Å². The van der Waals surface area contributed by atoms with Gasteiger partial charge in [0, 0.05) is 25.7 Å². The third-order valence-electron chi connectivity index (χ3n) is 16.3. The van der Waals surface area contributed by atoms with Gasteiger partial charge in [-0.2, -0.15) is 0 Å². The maximum atomic E-state index is 13.0. The van der Waals surface area contributed by atoms with Crippen LogP contribution in [-0.4, -0.2) is 96.7 Å². The van der Waals surface area contributed by atoms with Crippen LogP contribution in [0.25, 0.3) is 0 Å². The number of aliphatic hydroxyl groups excluding tert-OH is 1. The summed E-state index contributed by atoms with van der Waals surface area (Å²) in [4.78, 5) is 72.3. The number of hydrogen-bond donors (Lipinski definition) is 3. The molecule has 0 aromatic carbocycles. The minimum absolute atomic E-state index is 0.106. The van der Waals surface area contributed by atoms with Gasteiger partial charge in [0.25, 0.3) is 0 Å². The summed E-state index contributed by atoms with van der Waals surface area (Å²) in [7, 11) is -9.89. The first kappa shape index (κ1) is 87.1. The molecule has 0 bridgehead atoms. The van der Waals surface area contributed by atoms with Crippen LogP contribution in [0.3, 0.4) is 0 Å². The zero-order valence-electron chi connectivity index (χ0n) is 57.6. The number of aliphatic hydroxyl groups is 1. The van der Waals surface area contributed by atoms with E-state index in [1.807, 2.05) is 0 Å². The van der Waals surface area contributed by atoms with Gasteiger partial charge in [-0.05, 0) is 31.6 Å². The van der Waals surface area contributed by atoms with E-state index in [0.29, 0.717) is 25.7 Å². The van der Waals surface area contributed by atoms with Crippen molar-refractivity contribution >= 4 is 39.5 Å². The van der Waals surface area contributed by atoms with Crippen LogP contribution in [0.15, 0.2) is 0 Å². The molecule has 0 radical (unpaired) electrons. The number of carbonyl (C=O) groups is 4. The molecule has 0 aromatic rings. The Balaban J connectivity index is 5.17. The molecular weight excluding hydrogens is 1170 g/mol. The SMILES string of the molecule is CCCCCCCCCCCCCCCCCCCCC(=O)O[C@H](COC(=O)CCCCCCCCCCCCCCC(C)C)COP(=O)(O)OC[C@@H](O)COP(=O)(O)OC[C@@H](COC(=O)CCCCCCCCC)OC(=O)CCCCCCCCCCC. The van der Waals surface area contributed by atoms with Gasteiger partial charge in [-0.3, -0.25) is 37.3 Å². The van der Waals surface area contributed by atoms with Crippen molar-refractivity contribution in [1.29, 1.82) is 0 Å². The Morgan fingerprint density at radius 3 is 0.764 bits per heavy atom. The number of esters is 4. The molecule has 89 heavy (non-hydrogen) atoms. The fourth-order valence-corrected chi connectivity index (χ4v) is 12.2. The molecule has 0 saturated carbocycles. The third-order valence-corrected chi connectivity index (χ3v) is 18.2. The van der Waals surface area contributed by atoms with Crippen molar-refractivity contribution < 1.29 is 80.2 Å². The number of hydrogen-bond acceptors (Lipinski definition) is 15. The Bertz CT molecular complexity index is 1720. The summed E-state index contributed by atoms with van der Waals surface area (Å²) in [5, 5.41) is 10.6. The predicted octanol–water partition coefficient (Wildman–Crippen LogP) is 20.1. The van der Waals surface area contributed by atoms with E-state index in [0.717, 1.165) is 109 Å². The largest absolute Gasteiger partial charge is 0.472 e. The first-order valence-electron chi connectivity index (χ1n) is 36.6. The van der Waals surface area contributed by atoms with Crippen molar-refractivity contribution in [2.45, 2.75) is 380 Å². The zero-order valence-corrected chi connectivity index (χ0v) is 59.4. The van der Waals surface area contributed by atoms with Crippen molar-refractivity contribution in [3.05, 3.63) is 0 Å². The van der Waals surface area contributed by atoms with Crippen LogP contribution in [0.5, 0.6) is 0 Å². The molecule has 0 heterocycles. The van der Waals surface area contributed by atoms with Crippen molar-refractivity contribution in [2.75, 3.05) is 39.6 Å². The Hall–Kier alpha value is -1.94. The molecule has 0 amide bonds. The highest BCUT2D eigenvalue weighted by molar-refractivity contribution is 7.47. The summed E-state index contributed by atoms with van der Waals surface area (Å²) < 4.78 is 68.1. The summed E-state index contributed by atoms with van der Waals surface area (Å²) in [6.45, 7) is 7.20. The molecule has 0 aromatic heterocycles. The van der Waals surface area contributed by atoms with Crippen LogP contribution in [0.2, 0.25) is 0 Å². The molecule has 3 N–H and O–H groups in total. The van der Waals surface area contributed by atoms with Gasteiger partial charge in [-0.15, -0.1) is 0 Å². The average molecular weight is 1310 g/mol. The number of phosphoric ester groups is 2. The second kappa shape index (κ2) is 63.5. The molecule has 0 saturated heterocycles. The van der Waals surface area contributed by atoms with Gasteiger partial charge >= 0.3 is 39.5 Å². The van der Waals surface area contributed by atoms with Crippen molar-refractivity contribution in [3.63, 3.8) is 0 Å². The molecule has 5 atom stereocenters. The van der Waals surface area contributed by atoms with Crippen molar-refractivity contribution in [3.8, 4) is 0 Å². The normalized spacial score (nSPS) is 14.1. The highest BCUT2D eigenvalue weighted by Gasteiger charge is 2.30. The van der Waals surface area contributed by atoms with Gasteiger partial charge < -0.3 is 33.8 Å². The summed E-state index contributed by atoms with van der Waals surface area (Å²) in [6, 6.07) is 0. The lowest BCUT2D eigenvalue weighted by Crippen LogP contribution is -2.30. The van der Waals surface area contributed by atoms with Crippen LogP contribution in [0.1, 0.15) is 362 Å². The number of ether oxygens (including phenoxy) is 4. The van der Waals surface area contributed by atoms with Gasteiger partial charge in [-0.25, -0.2) is 9.13 Å². The molecule has 0 fully saturated rings. The molecule has 0 spiro atoms. The van der Waals surface area contributed by atoms with Gasteiger partial charge in [0.05, 0.1) is 26.4 Å². The monoisotopic (exact) mass is 1310 g/mol. The predicted molar refractivity (Wildman–Crippen MR) is 358 cm³/mol.